The molecule has 7 heteroatoms. The van der Waals surface area contributed by atoms with Crippen molar-refractivity contribution < 1.29 is 4.79 Å². The smallest absolute Gasteiger partial charge is 0.262 e. The number of nitrogens with zero attached hydrogens (tertiary/aromatic N) is 3. The van der Waals surface area contributed by atoms with Crippen molar-refractivity contribution in [3.8, 4) is 0 Å². The molecule has 1 aromatic carbocycles. The number of thioether (sulfide) groups is 1. The highest BCUT2D eigenvalue weighted by molar-refractivity contribution is 7.99. The molecule has 0 radical (unpaired) electrons. The van der Waals surface area contributed by atoms with Gasteiger partial charge in [0.2, 0.25) is 0 Å². The highest BCUT2D eigenvalue weighted by atomic mass is 32.2. The van der Waals surface area contributed by atoms with Crippen LogP contribution in [0.1, 0.15) is 28.4 Å². The lowest BCUT2D eigenvalue weighted by atomic mass is 10.2. The second kappa shape index (κ2) is 9.49. The standard InChI is InChI=1S/C21H25N3O2S2/c1-4-23(5-2)12-13-24-20(26)16-8-6-7-9-17(16)22-21(24)27-14-18(25)19-11-10-15(3)28-19/h6-11H,4-5,12-14H2,1-3H3. The molecule has 0 saturated carbocycles. The molecule has 28 heavy (non-hydrogen) atoms. The number of Topliss-reactive ketones (excluding diaryl/α,β-unsaturated/α-hetero) is 1. The second-order valence-corrected chi connectivity index (χ2v) is 8.75. The number of para-hydroxylation sites is 1. The normalized spacial score (nSPS) is 11.4. The van der Waals surface area contributed by atoms with E-state index in [0.29, 0.717) is 22.6 Å². The molecule has 148 valence electrons. The quantitative estimate of drug-likeness (QED) is 0.299. The maximum atomic E-state index is 13.1. The molecular formula is C21H25N3O2S2. The highest BCUT2D eigenvalue weighted by Crippen LogP contribution is 2.22. The average Bonchev–Trinajstić information content (AvgIpc) is 3.15. The molecule has 0 bridgehead atoms. The summed E-state index contributed by atoms with van der Waals surface area (Å²) >= 11 is 2.85. The minimum atomic E-state index is -0.0420. The van der Waals surface area contributed by atoms with Gasteiger partial charge >= 0.3 is 0 Å². The minimum Gasteiger partial charge on any atom is -0.302 e. The summed E-state index contributed by atoms with van der Waals surface area (Å²) in [5, 5.41) is 1.23. The summed E-state index contributed by atoms with van der Waals surface area (Å²) in [6, 6.07) is 11.2. The third-order valence-corrected chi connectivity index (χ3v) is 6.73. The van der Waals surface area contributed by atoms with Crippen LogP contribution >= 0.6 is 23.1 Å². The molecular weight excluding hydrogens is 390 g/mol. The van der Waals surface area contributed by atoms with Crippen LogP contribution in [0.3, 0.4) is 0 Å². The molecule has 0 aliphatic rings. The number of ketones is 1. The van der Waals surface area contributed by atoms with Gasteiger partial charge in [0.05, 0.1) is 21.5 Å². The number of aromatic nitrogens is 2. The third kappa shape index (κ3) is 4.71. The van der Waals surface area contributed by atoms with E-state index in [2.05, 4.69) is 18.7 Å². The van der Waals surface area contributed by atoms with Crippen LogP contribution in [0, 0.1) is 6.92 Å². The molecule has 0 spiro atoms. The number of fused-ring (bicyclic) bond motifs is 1. The molecule has 0 atom stereocenters. The molecule has 5 nitrogen and oxygen atoms in total. The first-order valence-electron chi connectivity index (χ1n) is 9.47. The summed E-state index contributed by atoms with van der Waals surface area (Å²) in [6.45, 7) is 9.43. The van der Waals surface area contributed by atoms with Crippen molar-refractivity contribution in [2.75, 3.05) is 25.4 Å². The number of rotatable bonds is 9. The first-order chi connectivity index (χ1) is 13.5. The average molecular weight is 416 g/mol. The van der Waals surface area contributed by atoms with Crippen LogP contribution in [-0.4, -0.2) is 45.6 Å². The largest absolute Gasteiger partial charge is 0.302 e. The lowest BCUT2D eigenvalue weighted by Crippen LogP contribution is -2.32. The van der Waals surface area contributed by atoms with Gasteiger partial charge in [-0.3, -0.25) is 14.2 Å². The zero-order valence-corrected chi connectivity index (χ0v) is 18.1. The van der Waals surface area contributed by atoms with Crippen LogP contribution in [0.5, 0.6) is 0 Å². The zero-order chi connectivity index (χ0) is 20.1. The van der Waals surface area contributed by atoms with E-state index in [0.717, 1.165) is 29.4 Å². The van der Waals surface area contributed by atoms with Gasteiger partial charge in [-0.05, 0) is 44.3 Å². The summed E-state index contributed by atoms with van der Waals surface area (Å²) in [7, 11) is 0. The number of benzene rings is 1. The molecule has 0 unspecified atom stereocenters. The van der Waals surface area contributed by atoms with Gasteiger partial charge in [-0.2, -0.15) is 0 Å². The summed E-state index contributed by atoms with van der Waals surface area (Å²) in [5.41, 5.74) is 0.633. The molecule has 0 fully saturated rings. The number of thiophene rings is 1. The summed E-state index contributed by atoms with van der Waals surface area (Å²) < 4.78 is 1.72. The van der Waals surface area contributed by atoms with Crippen molar-refractivity contribution >= 4 is 39.8 Å². The van der Waals surface area contributed by atoms with Crippen molar-refractivity contribution in [1.29, 1.82) is 0 Å². The Hall–Kier alpha value is -1.96. The predicted octanol–water partition coefficient (Wildman–Crippen LogP) is 4.08. The van der Waals surface area contributed by atoms with E-state index in [4.69, 9.17) is 4.98 Å². The molecule has 3 aromatic rings. The molecule has 3 rings (SSSR count). The van der Waals surface area contributed by atoms with Crippen LogP contribution < -0.4 is 5.56 Å². The lowest BCUT2D eigenvalue weighted by Gasteiger charge is -2.20. The molecule has 0 aliphatic heterocycles. The van der Waals surface area contributed by atoms with E-state index in [9.17, 15) is 9.59 Å². The Kier molecular flexibility index (Phi) is 7.04. The summed E-state index contributed by atoms with van der Waals surface area (Å²) in [4.78, 5) is 34.4. The van der Waals surface area contributed by atoms with Gasteiger partial charge in [-0.1, -0.05) is 37.7 Å². The van der Waals surface area contributed by atoms with E-state index in [1.807, 2.05) is 43.3 Å². The first kappa shape index (κ1) is 20.8. The Morgan fingerprint density at radius 2 is 1.93 bits per heavy atom. The molecule has 2 heterocycles. The second-order valence-electron chi connectivity index (χ2n) is 6.52. The van der Waals surface area contributed by atoms with E-state index in [1.54, 1.807) is 4.57 Å². The van der Waals surface area contributed by atoms with Gasteiger partial charge in [0.25, 0.3) is 5.56 Å². The van der Waals surface area contributed by atoms with Crippen LogP contribution in [-0.2, 0) is 6.54 Å². The fourth-order valence-electron chi connectivity index (χ4n) is 3.02. The topological polar surface area (TPSA) is 55.2 Å². The van der Waals surface area contributed by atoms with Crippen LogP contribution in [0.4, 0.5) is 0 Å². The van der Waals surface area contributed by atoms with Gasteiger partial charge in [0.15, 0.2) is 10.9 Å². The SMILES string of the molecule is CCN(CC)CCn1c(SCC(=O)c2ccc(C)s2)nc2ccccc2c1=O. The Bertz CT molecular complexity index is 1020. The lowest BCUT2D eigenvalue weighted by molar-refractivity contribution is 0.102. The number of carbonyl (C=O) groups excluding carboxylic acids is 1. The Labute approximate surface area is 173 Å². The van der Waals surface area contributed by atoms with Crippen LogP contribution in [0.15, 0.2) is 46.3 Å². The van der Waals surface area contributed by atoms with E-state index >= 15 is 0 Å². The first-order valence-corrected chi connectivity index (χ1v) is 11.3. The molecule has 0 N–H and O–H groups in total. The fraction of sp³-hybridized carbons (Fsp3) is 0.381. The van der Waals surface area contributed by atoms with Crippen molar-refractivity contribution in [1.82, 2.24) is 14.5 Å². The van der Waals surface area contributed by atoms with E-state index in [1.165, 1.54) is 23.1 Å². The Balaban J connectivity index is 1.89. The summed E-state index contributed by atoms with van der Waals surface area (Å²) in [6.07, 6.45) is 0. The molecule has 2 aromatic heterocycles. The number of aryl methyl sites for hydroxylation is 1. The number of hydrogen-bond acceptors (Lipinski definition) is 6. The van der Waals surface area contributed by atoms with Crippen molar-refractivity contribution in [3.05, 3.63) is 56.5 Å². The van der Waals surface area contributed by atoms with Crippen molar-refractivity contribution in [3.63, 3.8) is 0 Å². The number of carbonyl (C=O) groups is 1. The maximum absolute atomic E-state index is 13.1. The van der Waals surface area contributed by atoms with Crippen molar-refractivity contribution in [2.24, 2.45) is 0 Å². The molecule has 0 saturated heterocycles. The summed E-state index contributed by atoms with van der Waals surface area (Å²) in [5.74, 6) is 0.344. The Morgan fingerprint density at radius 1 is 1.18 bits per heavy atom. The van der Waals surface area contributed by atoms with Crippen LogP contribution in [0.25, 0.3) is 10.9 Å². The number of likely N-dealkylation sites (N-methyl/N-ethyl adjacent to an activating group) is 1. The molecule has 0 amide bonds. The Morgan fingerprint density at radius 3 is 2.61 bits per heavy atom. The van der Waals surface area contributed by atoms with Gasteiger partial charge in [-0.15, -0.1) is 11.3 Å². The van der Waals surface area contributed by atoms with Crippen molar-refractivity contribution in [2.45, 2.75) is 32.5 Å². The monoisotopic (exact) mass is 415 g/mol. The highest BCUT2D eigenvalue weighted by Gasteiger charge is 2.15. The van der Waals surface area contributed by atoms with E-state index < -0.39 is 0 Å². The maximum Gasteiger partial charge on any atom is 0.262 e. The molecule has 0 aliphatic carbocycles. The fourth-order valence-corrected chi connectivity index (χ4v) is 4.83. The van der Waals surface area contributed by atoms with E-state index in [-0.39, 0.29) is 17.1 Å². The van der Waals surface area contributed by atoms with Gasteiger partial charge in [0.1, 0.15) is 0 Å². The van der Waals surface area contributed by atoms with Gasteiger partial charge in [0, 0.05) is 18.0 Å². The number of hydrogen-bond donors (Lipinski definition) is 0. The van der Waals surface area contributed by atoms with Gasteiger partial charge in [-0.25, -0.2) is 4.98 Å². The predicted molar refractivity (Wildman–Crippen MR) is 118 cm³/mol. The van der Waals surface area contributed by atoms with Crippen LogP contribution in [0.2, 0.25) is 0 Å². The zero-order valence-electron chi connectivity index (χ0n) is 16.5. The minimum absolute atomic E-state index is 0.0420. The third-order valence-electron chi connectivity index (χ3n) is 4.71. The van der Waals surface area contributed by atoms with Gasteiger partial charge < -0.3 is 4.90 Å².